The van der Waals surface area contributed by atoms with Crippen LogP contribution in [0.3, 0.4) is 0 Å². The molecule has 286 valence electrons. The zero-order chi connectivity index (χ0) is 40.3. The average molecular weight is 770 g/mol. The molecule has 0 saturated heterocycles. The highest BCUT2D eigenvalue weighted by Gasteiger charge is 2.39. The van der Waals surface area contributed by atoms with Gasteiger partial charge in [-0.3, -0.25) is 0 Å². The minimum absolute atomic E-state index is 0.120. The van der Waals surface area contributed by atoms with Crippen molar-refractivity contribution in [1.29, 1.82) is 0 Å². The maximum atomic E-state index is 6.86. The van der Waals surface area contributed by atoms with E-state index in [0.717, 1.165) is 44.4 Å². The van der Waals surface area contributed by atoms with Crippen molar-refractivity contribution in [3.05, 3.63) is 210 Å². The fourth-order valence-corrected chi connectivity index (χ4v) is 10.9. The molecule has 1 heterocycles. The smallest absolute Gasteiger partial charge is 0.143 e. The summed E-state index contributed by atoms with van der Waals surface area (Å²) >= 11 is 0. The van der Waals surface area contributed by atoms with Gasteiger partial charge >= 0.3 is 0 Å². The molecule has 2 aliphatic carbocycles. The number of rotatable bonds is 5. The molecule has 0 amide bonds. The highest BCUT2D eigenvalue weighted by molar-refractivity contribution is 6.20. The molecule has 2 nitrogen and oxygen atoms in total. The molecule has 0 fully saturated rings. The van der Waals surface area contributed by atoms with Crippen molar-refractivity contribution in [3.8, 4) is 44.5 Å². The molecule has 1 aromatic heterocycles. The van der Waals surface area contributed by atoms with E-state index in [1.165, 1.54) is 72.1 Å². The van der Waals surface area contributed by atoms with Crippen LogP contribution in [0.2, 0.25) is 0 Å². The zero-order valence-electron chi connectivity index (χ0n) is 34.3. The SMILES string of the molecule is CC1(C)c2ccccc2-c2ccc(-c3ccccc3N(c3ccccc3-c3cccc4c3C(C)(C)c3ccccc3-4)c3cccc4oc5c6ccccc6ccc5c34)cc21. The van der Waals surface area contributed by atoms with E-state index in [1.54, 1.807) is 0 Å². The van der Waals surface area contributed by atoms with Crippen LogP contribution in [0.15, 0.2) is 192 Å². The maximum absolute atomic E-state index is 6.86. The summed E-state index contributed by atoms with van der Waals surface area (Å²) in [6.07, 6.45) is 0. The Morgan fingerprint density at radius 1 is 0.383 bits per heavy atom. The molecule has 0 radical (unpaired) electrons. The molecule has 0 saturated carbocycles. The molecule has 0 bridgehead atoms. The first-order valence-corrected chi connectivity index (χ1v) is 21.1. The Morgan fingerprint density at radius 3 is 1.72 bits per heavy atom. The Morgan fingerprint density at radius 2 is 0.933 bits per heavy atom. The Balaban J connectivity index is 1.14. The van der Waals surface area contributed by atoms with Crippen LogP contribution in [-0.2, 0) is 10.8 Å². The number of anilines is 3. The maximum Gasteiger partial charge on any atom is 0.143 e. The molecule has 0 aliphatic heterocycles. The normalized spacial score (nSPS) is 14.3. The van der Waals surface area contributed by atoms with Crippen molar-refractivity contribution in [1.82, 2.24) is 0 Å². The third-order valence-corrected chi connectivity index (χ3v) is 13.7. The van der Waals surface area contributed by atoms with Gasteiger partial charge in [0.25, 0.3) is 0 Å². The largest absolute Gasteiger partial charge is 0.455 e. The Kier molecular flexibility index (Phi) is 7.36. The lowest BCUT2D eigenvalue weighted by atomic mass is 9.78. The second kappa shape index (κ2) is 12.7. The van der Waals surface area contributed by atoms with Crippen LogP contribution in [0, 0.1) is 0 Å². The average Bonchev–Trinajstić information content (AvgIpc) is 3.87. The highest BCUT2D eigenvalue weighted by atomic mass is 16.3. The Hall–Kier alpha value is -7.16. The lowest BCUT2D eigenvalue weighted by Crippen LogP contribution is -2.17. The summed E-state index contributed by atoms with van der Waals surface area (Å²) in [5, 5.41) is 4.49. The first kappa shape index (κ1) is 34.8. The lowest BCUT2D eigenvalue weighted by molar-refractivity contribution is 0.660. The highest BCUT2D eigenvalue weighted by Crippen LogP contribution is 2.56. The zero-order valence-corrected chi connectivity index (χ0v) is 34.3. The van der Waals surface area contributed by atoms with Crippen LogP contribution in [0.4, 0.5) is 17.1 Å². The van der Waals surface area contributed by atoms with E-state index in [9.17, 15) is 0 Å². The van der Waals surface area contributed by atoms with Gasteiger partial charge in [-0.1, -0.05) is 179 Å². The molecule has 0 spiro atoms. The molecule has 0 N–H and O–H groups in total. The van der Waals surface area contributed by atoms with Gasteiger partial charge in [-0.2, -0.15) is 0 Å². The Bertz CT molecular complexity index is 3400. The number of furan rings is 1. The van der Waals surface area contributed by atoms with Crippen LogP contribution in [0.1, 0.15) is 49.9 Å². The van der Waals surface area contributed by atoms with Gasteiger partial charge < -0.3 is 9.32 Å². The summed E-state index contributed by atoms with van der Waals surface area (Å²) in [5.41, 5.74) is 20.3. The molecule has 0 unspecified atom stereocenters. The third kappa shape index (κ3) is 4.82. The summed E-state index contributed by atoms with van der Waals surface area (Å²) in [7, 11) is 0. The third-order valence-electron chi connectivity index (χ3n) is 13.7. The van der Waals surface area contributed by atoms with Crippen molar-refractivity contribution in [2.75, 3.05) is 4.90 Å². The summed E-state index contributed by atoms with van der Waals surface area (Å²) < 4.78 is 6.86. The fraction of sp³-hybridized carbons (Fsp3) is 0.103. The number of hydrogen-bond acceptors (Lipinski definition) is 2. The van der Waals surface area contributed by atoms with Crippen molar-refractivity contribution in [2.45, 2.75) is 38.5 Å². The van der Waals surface area contributed by atoms with Gasteiger partial charge in [0, 0.05) is 32.7 Å². The summed E-state index contributed by atoms with van der Waals surface area (Å²) in [5.74, 6) is 0. The Labute approximate surface area is 351 Å². The molecule has 60 heavy (non-hydrogen) atoms. The van der Waals surface area contributed by atoms with Crippen molar-refractivity contribution >= 4 is 49.8 Å². The number of fused-ring (bicyclic) bond motifs is 11. The van der Waals surface area contributed by atoms with Crippen LogP contribution in [-0.4, -0.2) is 0 Å². The number of para-hydroxylation sites is 2. The van der Waals surface area contributed by atoms with Gasteiger partial charge in [-0.05, 0) is 97.4 Å². The predicted molar refractivity (Wildman–Crippen MR) is 252 cm³/mol. The van der Waals surface area contributed by atoms with E-state index < -0.39 is 0 Å². The monoisotopic (exact) mass is 769 g/mol. The number of hydrogen-bond donors (Lipinski definition) is 0. The lowest BCUT2D eigenvalue weighted by Gasteiger charge is -2.32. The first-order valence-electron chi connectivity index (χ1n) is 21.1. The number of benzene rings is 9. The second-order valence-electron chi connectivity index (χ2n) is 17.6. The van der Waals surface area contributed by atoms with E-state index in [0.29, 0.717) is 0 Å². The topological polar surface area (TPSA) is 16.4 Å². The van der Waals surface area contributed by atoms with Crippen LogP contribution < -0.4 is 4.90 Å². The van der Waals surface area contributed by atoms with Crippen LogP contribution in [0.25, 0.3) is 77.2 Å². The fourth-order valence-electron chi connectivity index (χ4n) is 10.9. The summed E-state index contributed by atoms with van der Waals surface area (Å²) in [4.78, 5) is 2.51. The molecule has 2 heteroatoms. The predicted octanol–water partition coefficient (Wildman–Crippen LogP) is 16.2. The van der Waals surface area contributed by atoms with Crippen molar-refractivity contribution < 1.29 is 4.42 Å². The van der Waals surface area contributed by atoms with Crippen molar-refractivity contribution in [3.63, 3.8) is 0 Å². The van der Waals surface area contributed by atoms with Crippen LogP contribution in [0.5, 0.6) is 0 Å². The summed E-state index contributed by atoms with van der Waals surface area (Å²) in [6.45, 7) is 9.49. The minimum Gasteiger partial charge on any atom is -0.455 e. The van der Waals surface area contributed by atoms with Gasteiger partial charge in [0.1, 0.15) is 11.2 Å². The van der Waals surface area contributed by atoms with Gasteiger partial charge in [0.15, 0.2) is 0 Å². The number of nitrogens with zero attached hydrogens (tertiary/aromatic N) is 1. The molecule has 12 rings (SSSR count). The van der Waals surface area contributed by atoms with E-state index in [-0.39, 0.29) is 10.8 Å². The van der Waals surface area contributed by atoms with Crippen LogP contribution >= 0.6 is 0 Å². The summed E-state index contributed by atoms with van der Waals surface area (Å²) in [6, 6.07) is 69.3. The van der Waals surface area contributed by atoms with E-state index in [2.05, 4.69) is 221 Å². The van der Waals surface area contributed by atoms with Gasteiger partial charge in [-0.15, -0.1) is 0 Å². The molecular formula is C58H43NO. The minimum atomic E-state index is -0.186. The first-order chi connectivity index (χ1) is 29.3. The van der Waals surface area contributed by atoms with E-state index >= 15 is 0 Å². The van der Waals surface area contributed by atoms with Gasteiger partial charge in [0.05, 0.1) is 22.4 Å². The van der Waals surface area contributed by atoms with Gasteiger partial charge in [-0.25, -0.2) is 0 Å². The molecule has 9 aromatic carbocycles. The molecule has 10 aromatic rings. The molecule has 0 atom stereocenters. The van der Waals surface area contributed by atoms with E-state index in [1.807, 2.05) is 0 Å². The van der Waals surface area contributed by atoms with Crippen molar-refractivity contribution in [2.24, 2.45) is 0 Å². The quantitative estimate of drug-likeness (QED) is 0.173. The van der Waals surface area contributed by atoms with Gasteiger partial charge in [0.2, 0.25) is 0 Å². The second-order valence-corrected chi connectivity index (χ2v) is 17.6. The molecular weight excluding hydrogens is 727 g/mol. The molecule has 2 aliphatic rings. The van der Waals surface area contributed by atoms with E-state index in [4.69, 9.17) is 4.42 Å². The standard InChI is InChI=1S/C58H43NO/c1-57(2)47-25-11-7-20-40(47)42-33-32-37(35-49(42)57)38-18-9-13-27-50(38)59(52-29-16-30-53-54(52)46-34-31-36-17-5-6-19-39(36)56(46)60-53)51-28-14-10-22-43(51)45-24-15-23-44-41-21-8-12-26-48(41)58(3,4)55(44)45/h5-35H,1-4H3.